The minimum Gasteiger partial charge on any atom is -0.389 e. The standard InChI is InChI=1S/C15H28OSi3/c1-11-9-14-15(10-13(11)12(2)16)18(5,6)19(7,8)17(14,3)4/h9-10,12,16H,1-8H3. The van der Waals surface area contributed by atoms with Crippen LogP contribution < -0.4 is 10.4 Å². The summed E-state index contributed by atoms with van der Waals surface area (Å²) in [6, 6.07) is 4.80. The van der Waals surface area contributed by atoms with Crippen LogP contribution in [0.2, 0.25) is 39.3 Å². The van der Waals surface area contributed by atoms with Gasteiger partial charge in [0.05, 0.1) is 21.3 Å². The highest BCUT2D eigenvalue weighted by atomic mass is 29.6. The Kier molecular flexibility index (Phi) is 3.34. The van der Waals surface area contributed by atoms with Crippen LogP contribution in [-0.2, 0) is 0 Å². The fourth-order valence-electron chi connectivity index (χ4n) is 3.66. The molecule has 1 aromatic carbocycles. The summed E-state index contributed by atoms with van der Waals surface area (Å²) in [7, 11) is -3.81. The normalized spacial score (nSPS) is 24.1. The van der Waals surface area contributed by atoms with Crippen LogP contribution in [0.1, 0.15) is 24.2 Å². The van der Waals surface area contributed by atoms with E-state index in [1.165, 1.54) is 5.56 Å². The third kappa shape index (κ3) is 1.80. The highest BCUT2D eigenvalue weighted by Crippen LogP contribution is 2.35. The molecule has 0 amide bonds. The van der Waals surface area contributed by atoms with E-state index in [1.807, 2.05) is 6.92 Å². The summed E-state index contributed by atoms with van der Waals surface area (Å²) < 4.78 is 0. The molecular formula is C15H28OSi3. The molecule has 0 radical (unpaired) electrons. The van der Waals surface area contributed by atoms with E-state index in [0.29, 0.717) is 0 Å². The van der Waals surface area contributed by atoms with E-state index in [4.69, 9.17) is 0 Å². The quantitative estimate of drug-likeness (QED) is 0.791. The van der Waals surface area contributed by atoms with Crippen LogP contribution >= 0.6 is 0 Å². The summed E-state index contributed by atoms with van der Waals surface area (Å²) in [6.45, 7) is 19.6. The van der Waals surface area contributed by atoms with Gasteiger partial charge >= 0.3 is 0 Å². The van der Waals surface area contributed by atoms with Crippen molar-refractivity contribution >= 4 is 32.7 Å². The van der Waals surface area contributed by atoms with Gasteiger partial charge < -0.3 is 5.11 Å². The molecule has 1 aliphatic heterocycles. The minimum atomic E-state index is -1.33. The summed E-state index contributed by atoms with van der Waals surface area (Å²) in [6.07, 6.45) is -0.342. The lowest BCUT2D eigenvalue weighted by Crippen LogP contribution is -2.68. The number of benzene rings is 1. The smallest absolute Gasteiger partial charge is 0.0764 e. The van der Waals surface area contributed by atoms with Gasteiger partial charge in [-0.25, -0.2) is 0 Å². The first kappa shape index (κ1) is 15.2. The van der Waals surface area contributed by atoms with Gasteiger partial charge in [0.1, 0.15) is 0 Å². The maximum Gasteiger partial charge on any atom is 0.0764 e. The highest BCUT2D eigenvalue weighted by Gasteiger charge is 2.60. The summed E-state index contributed by atoms with van der Waals surface area (Å²) in [5.74, 6) is 0. The molecule has 1 aliphatic rings. The molecule has 1 aromatic rings. The zero-order valence-corrected chi connectivity index (χ0v) is 16.7. The van der Waals surface area contributed by atoms with Gasteiger partial charge in [-0.15, -0.1) is 0 Å². The maximum atomic E-state index is 10.0. The number of aliphatic hydroxyl groups is 1. The fourth-order valence-corrected chi connectivity index (χ4v) is 38.2. The molecule has 19 heavy (non-hydrogen) atoms. The van der Waals surface area contributed by atoms with Gasteiger partial charge in [-0.3, -0.25) is 0 Å². The topological polar surface area (TPSA) is 20.2 Å². The van der Waals surface area contributed by atoms with E-state index in [-0.39, 0.29) is 6.10 Å². The SMILES string of the molecule is Cc1cc2c(cc1C(C)O)[Si](C)(C)[Si](C)(C)[Si]2(C)C. The molecule has 0 spiro atoms. The Balaban J connectivity index is 2.79. The molecule has 106 valence electrons. The van der Waals surface area contributed by atoms with Crippen molar-refractivity contribution in [3.8, 4) is 0 Å². The second-order valence-electron chi connectivity index (χ2n) is 7.81. The molecule has 1 atom stereocenters. The molecule has 0 fully saturated rings. The Hall–Kier alpha value is -0.169. The van der Waals surface area contributed by atoms with E-state index in [9.17, 15) is 5.11 Å². The molecule has 0 saturated heterocycles. The van der Waals surface area contributed by atoms with Crippen molar-refractivity contribution in [3.63, 3.8) is 0 Å². The zero-order chi connectivity index (χ0) is 14.8. The summed E-state index contributed by atoms with van der Waals surface area (Å²) in [4.78, 5) is 0. The maximum absolute atomic E-state index is 10.0. The van der Waals surface area contributed by atoms with Crippen LogP contribution in [0.15, 0.2) is 12.1 Å². The number of rotatable bonds is 1. The molecule has 0 bridgehead atoms. The van der Waals surface area contributed by atoms with Crippen molar-refractivity contribution in [2.75, 3.05) is 0 Å². The van der Waals surface area contributed by atoms with Crippen LogP contribution in [0, 0.1) is 6.92 Å². The van der Waals surface area contributed by atoms with Gasteiger partial charge in [0.25, 0.3) is 0 Å². The second-order valence-corrected chi connectivity index (χ2v) is 35.1. The van der Waals surface area contributed by atoms with Crippen LogP contribution in [-0.4, -0.2) is 27.4 Å². The van der Waals surface area contributed by atoms with Crippen LogP contribution in [0.25, 0.3) is 0 Å². The molecule has 1 heterocycles. The monoisotopic (exact) mass is 308 g/mol. The largest absolute Gasteiger partial charge is 0.389 e. The number of hydrogen-bond donors (Lipinski definition) is 1. The minimum absolute atomic E-state index is 0.342. The zero-order valence-electron chi connectivity index (χ0n) is 13.7. The Morgan fingerprint density at radius 3 is 1.74 bits per heavy atom. The summed E-state index contributed by atoms with van der Waals surface area (Å²) >= 11 is 0. The van der Waals surface area contributed by atoms with Crippen molar-refractivity contribution in [2.45, 2.75) is 59.2 Å². The predicted molar refractivity (Wildman–Crippen MR) is 93.5 cm³/mol. The van der Waals surface area contributed by atoms with E-state index in [2.05, 4.69) is 58.3 Å². The first-order valence-corrected chi connectivity index (χ1v) is 18.3. The van der Waals surface area contributed by atoms with Gasteiger partial charge in [-0.05, 0) is 25.0 Å². The number of hydrogen-bond acceptors (Lipinski definition) is 1. The van der Waals surface area contributed by atoms with Crippen molar-refractivity contribution in [1.29, 1.82) is 0 Å². The number of aryl methyl sites for hydroxylation is 1. The van der Waals surface area contributed by atoms with Crippen LogP contribution in [0.5, 0.6) is 0 Å². The second kappa shape index (κ2) is 4.16. The number of fused-ring (bicyclic) bond motifs is 1. The molecule has 1 N–H and O–H groups in total. The molecule has 2 rings (SSSR count). The van der Waals surface area contributed by atoms with E-state index in [1.54, 1.807) is 10.4 Å². The molecule has 1 unspecified atom stereocenters. The van der Waals surface area contributed by atoms with Crippen molar-refractivity contribution in [1.82, 2.24) is 0 Å². The summed E-state index contributed by atoms with van der Waals surface area (Å²) in [5.41, 5.74) is 2.43. The molecule has 0 aliphatic carbocycles. The Bertz CT molecular complexity index is 530. The Labute approximate surface area is 120 Å². The highest BCUT2D eigenvalue weighted by molar-refractivity contribution is 7.76. The Morgan fingerprint density at radius 1 is 0.895 bits per heavy atom. The first-order chi connectivity index (χ1) is 8.44. The predicted octanol–water partition coefficient (Wildman–Crippen LogP) is 2.76. The summed E-state index contributed by atoms with van der Waals surface area (Å²) in [5, 5.41) is 13.4. The van der Waals surface area contributed by atoms with Gasteiger partial charge in [0.2, 0.25) is 0 Å². The van der Waals surface area contributed by atoms with Gasteiger partial charge in [-0.2, -0.15) is 0 Å². The average molecular weight is 309 g/mol. The lowest BCUT2D eigenvalue weighted by atomic mass is 10.0. The molecule has 4 heteroatoms. The molecule has 0 aromatic heterocycles. The van der Waals surface area contributed by atoms with E-state index >= 15 is 0 Å². The van der Waals surface area contributed by atoms with E-state index < -0.39 is 22.3 Å². The fraction of sp³-hybridized carbons (Fsp3) is 0.600. The third-order valence-corrected chi connectivity index (χ3v) is 48.0. The average Bonchev–Trinajstić information content (AvgIpc) is 2.35. The van der Waals surface area contributed by atoms with Crippen molar-refractivity contribution in [2.24, 2.45) is 0 Å². The molecular weight excluding hydrogens is 280 g/mol. The Morgan fingerprint density at radius 2 is 1.32 bits per heavy atom. The lowest BCUT2D eigenvalue weighted by Gasteiger charge is -2.40. The molecule has 0 saturated carbocycles. The van der Waals surface area contributed by atoms with Gasteiger partial charge in [-0.1, -0.05) is 61.8 Å². The van der Waals surface area contributed by atoms with Gasteiger partial charge in [0, 0.05) is 7.11 Å². The van der Waals surface area contributed by atoms with E-state index in [0.717, 1.165) is 5.56 Å². The van der Waals surface area contributed by atoms with Gasteiger partial charge in [0.15, 0.2) is 0 Å². The van der Waals surface area contributed by atoms with Crippen LogP contribution in [0.3, 0.4) is 0 Å². The number of aliphatic hydroxyl groups excluding tert-OH is 1. The first-order valence-electron chi connectivity index (χ1n) is 7.28. The third-order valence-electron chi connectivity index (χ3n) is 6.33. The van der Waals surface area contributed by atoms with Crippen LogP contribution in [0.4, 0.5) is 0 Å². The lowest BCUT2D eigenvalue weighted by molar-refractivity contribution is 0.198. The molecule has 1 nitrogen and oxygen atoms in total. The van der Waals surface area contributed by atoms with Crippen molar-refractivity contribution < 1.29 is 5.11 Å². The van der Waals surface area contributed by atoms with Crippen molar-refractivity contribution in [3.05, 3.63) is 23.3 Å².